The Morgan fingerprint density at radius 2 is 2.46 bits per heavy atom. The number of aromatic nitrogens is 2. The topological polar surface area (TPSA) is 73.1 Å². The van der Waals surface area contributed by atoms with Gasteiger partial charge in [0.25, 0.3) is 0 Å². The van der Waals surface area contributed by atoms with Gasteiger partial charge in [0.05, 0.1) is 7.11 Å². The quantitative estimate of drug-likeness (QED) is 0.638. The molecule has 0 aliphatic carbocycles. The minimum absolute atomic E-state index is 0.560. The summed E-state index contributed by atoms with van der Waals surface area (Å²) in [5.74, 6) is 1.14. The molecule has 5 heteroatoms. The zero-order valence-corrected chi connectivity index (χ0v) is 7.66. The van der Waals surface area contributed by atoms with E-state index in [1.807, 2.05) is 0 Å². The van der Waals surface area contributed by atoms with Crippen molar-refractivity contribution in [2.75, 3.05) is 25.5 Å². The SMILES string of the molecule is COc1ccnc(NCCCN)n1. The highest BCUT2D eigenvalue weighted by Gasteiger charge is 1.96. The lowest BCUT2D eigenvalue weighted by Crippen LogP contribution is -2.10. The van der Waals surface area contributed by atoms with E-state index >= 15 is 0 Å². The zero-order chi connectivity index (χ0) is 9.52. The molecule has 0 radical (unpaired) electrons. The van der Waals surface area contributed by atoms with Crippen molar-refractivity contribution in [2.45, 2.75) is 6.42 Å². The molecule has 3 N–H and O–H groups in total. The van der Waals surface area contributed by atoms with Crippen molar-refractivity contribution in [3.63, 3.8) is 0 Å². The number of methoxy groups -OCH3 is 1. The molecule has 0 atom stereocenters. The van der Waals surface area contributed by atoms with Crippen molar-refractivity contribution in [3.05, 3.63) is 12.3 Å². The fraction of sp³-hybridized carbons (Fsp3) is 0.500. The maximum atomic E-state index is 5.34. The minimum atomic E-state index is 0.560. The number of hydrogen-bond acceptors (Lipinski definition) is 5. The first-order chi connectivity index (χ1) is 6.36. The molecule has 5 nitrogen and oxygen atoms in total. The number of nitrogens with zero attached hydrogens (tertiary/aromatic N) is 2. The predicted octanol–water partition coefficient (Wildman–Crippen LogP) is 0.246. The molecule has 1 rings (SSSR count). The number of anilines is 1. The molecule has 0 bridgehead atoms. The first kappa shape index (κ1) is 9.73. The molecule has 0 saturated carbocycles. The summed E-state index contributed by atoms with van der Waals surface area (Å²) in [4.78, 5) is 8.09. The highest BCUT2D eigenvalue weighted by Crippen LogP contribution is 2.06. The maximum Gasteiger partial charge on any atom is 0.225 e. The van der Waals surface area contributed by atoms with E-state index in [0.29, 0.717) is 18.4 Å². The van der Waals surface area contributed by atoms with Gasteiger partial charge in [-0.2, -0.15) is 4.98 Å². The Morgan fingerprint density at radius 3 is 3.15 bits per heavy atom. The standard InChI is InChI=1S/C8H14N4O/c1-13-7-3-6-11-8(12-7)10-5-2-4-9/h3,6H,2,4-5,9H2,1H3,(H,10,11,12). The molecule has 0 saturated heterocycles. The van der Waals surface area contributed by atoms with Gasteiger partial charge < -0.3 is 15.8 Å². The molecule has 13 heavy (non-hydrogen) atoms. The Kier molecular flexibility index (Phi) is 3.98. The van der Waals surface area contributed by atoms with E-state index in [0.717, 1.165) is 13.0 Å². The number of ether oxygens (including phenoxy) is 1. The molecule has 1 aromatic rings. The van der Waals surface area contributed by atoms with E-state index in [1.54, 1.807) is 19.4 Å². The third-order valence-electron chi connectivity index (χ3n) is 1.50. The van der Waals surface area contributed by atoms with Gasteiger partial charge in [-0.15, -0.1) is 0 Å². The Hall–Kier alpha value is -1.36. The summed E-state index contributed by atoms with van der Waals surface area (Å²) < 4.78 is 4.95. The monoisotopic (exact) mass is 182 g/mol. The van der Waals surface area contributed by atoms with Crippen molar-refractivity contribution in [3.8, 4) is 5.88 Å². The Bertz CT molecular complexity index is 254. The third-order valence-corrected chi connectivity index (χ3v) is 1.50. The number of nitrogens with one attached hydrogen (secondary N) is 1. The van der Waals surface area contributed by atoms with E-state index in [9.17, 15) is 0 Å². The summed E-state index contributed by atoms with van der Waals surface area (Å²) in [7, 11) is 1.58. The van der Waals surface area contributed by atoms with E-state index in [1.165, 1.54) is 0 Å². The fourth-order valence-electron chi connectivity index (χ4n) is 0.843. The van der Waals surface area contributed by atoms with Gasteiger partial charge in [-0.3, -0.25) is 0 Å². The summed E-state index contributed by atoms with van der Waals surface area (Å²) in [5, 5.41) is 3.04. The van der Waals surface area contributed by atoms with Crippen LogP contribution in [0.1, 0.15) is 6.42 Å². The second-order valence-electron chi connectivity index (χ2n) is 2.49. The summed E-state index contributed by atoms with van der Waals surface area (Å²) in [6, 6.07) is 1.70. The van der Waals surface area contributed by atoms with Crippen LogP contribution in [0.5, 0.6) is 5.88 Å². The second-order valence-corrected chi connectivity index (χ2v) is 2.49. The smallest absolute Gasteiger partial charge is 0.225 e. The van der Waals surface area contributed by atoms with Crippen LogP contribution in [0.15, 0.2) is 12.3 Å². The van der Waals surface area contributed by atoms with Crippen molar-refractivity contribution in [2.24, 2.45) is 5.73 Å². The van der Waals surface area contributed by atoms with E-state index < -0.39 is 0 Å². The lowest BCUT2D eigenvalue weighted by atomic mass is 10.4. The van der Waals surface area contributed by atoms with Gasteiger partial charge in [0.2, 0.25) is 11.8 Å². The minimum Gasteiger partial charge on any atom is -0.481 e. The molecular weight excluding hydrogens is 168 g/mol. The van der Waals surface area contributed by atoms with Crippen LogP contribution < -0.4 is 15.8 Å². The Morgan fingerprint density at radius 1 is 1.62 bits per heavy atom. The third kappa shape index (κ3) is 3.25. The molecule has 1 aromatic heterocycles. The molecule has 72 valence electrons. The molecule has 0 aromatic carbocycles. The first-order valence-electron chi connectivity index (χ1n) is 4.18. The second kappa shape index (κ2) is 5.31. The van der Waals surface area contributed by atoms with Gasteiger partial charge in [-0.05, 0) is 13.0 Å². The van der Waals surface area contributed by atoms with Crippen LogP contribution >= 0.6 is 0 Å². The molecular formula is C8H14N4O. The fourth-order valence-corrected chi connectivity index (χ4v) is 0.843. The molecule has 0 unspecified atom stereocenters. The Balaban J connectivity index is 2.46. The van der Waals surface area contributed by atoms with Gasteiger partial charge >= 0.3 is 0 Å². The van der Waals surface area contributed by atoms with Crippen molar-refractivity contribution in [1.82, 2.24) is 9.97 Å². The summed E-state index contributed by atoms with van der Waals surface area (Å²) >= 11 is 0. The maximum absolute atomic E-state index is 5.34. The van der Waals surface area contributed by atoms with Crippen LogP contribution in [-0.2, 0) is 0 Å². The highest BCUT2D eigenvalue weighted by molar-refractivity contribution is 5.26. The van der Waals surface area contributed by atoms with E-state index in [4.69, 9.17) is 10.5 Å². The van der Waals surface area contributed by atoms with Gasteiger partial charge in [-0.1, -0.05) is 0 Å². The molecule has 0 amide bonds. The lowest BCUT2D eigenvalue weighted by molar-refractivity contribution is 0.397. The lowest BCUT2D eigenvalue weighted by Gasteiger charge is -2.04. The van der Waals surface area contributed by atoms with Crippen molar-refractivity contribution < 1.29 is 4.74 Å². The van der Waals surface area contributed by atoms with Gasteiger partial charge in [-0.25, -0.2) is 4.98 Å². The first-order valence-corrected chi connectivity index (χ1v) is 4.18. The van der Waals surface area contributed by atoms with Crippen LogP contribution in [0.25, 0.3) is 0 Å². The molecule has 0 aliphatic rings. The largest absolute Gasteiger partial charge is 0.481 e. The normalized spacial score (nSPS) is 9.69. The number of rotatable bonds is 5. The summed E-state index contributed by atoms with van der Waals surface area (Å²) in [6.45, 7) is 1.45. The van der Waals surface area contributed by atoms with Crippen LogP contribution in [0.2, 0.25) is 0 Å². The highest BCUT2D eigenvalue weighted by atomic mass is 16.5. The molecule has 1 heterocycles. The summed E-state index contributed by atoms with van der Waals surface area (Å²) in [5.41, 5.74) is 5.34. The average Bonchev–Trinajstić information content (AvgIpc) is 2.19. The molecule has 0 spiro atoms. The van der Waals surface area contributed by atoms with E-state index in [-0.39, 0.29) is 0 Å². The number of hydrogen-bond donors (Lipinski definition) is 2. The number of nitrogens with two attached hydrogens (primary N) is 1. The van der Waals surface area contributed by atoms with Crippen LogP contribution in [0, 0.1) is 0 Å². The zero-order valence-electron chi connectivity index (χ0n) is 7.66. The van der Waals surface area contributed by atoms with Gasteiger partial charge in [0.1, 0.15) is 0 Å². The van der Waals surface area contributed by atoms with Crippen LogP contribution in [0.3, 0.4) is 0 Å². The average molecular weight is 182 g/mol. The van der Waals surface area contributed by atoms with Crippen molar-refractivity contribution >= 4 is 5.95 Å². The molecule has 0 fully saturated rings. The van der Waals surface area contributed by atoms with E-state index in [2.05, 4.69) is 15.3 Å². The van der Waals surface area contributed by atoms with Crippen molar-refractivity contribution in [1.29, 1.82) is 0 Å². The van der Waals surface area contributed by atoms with Crippen LogP contribution in [0.4, 0.5) is 5.95 Å². The summed E-state index contributed by atoms with van der Waals surface area (Å²) in [6.07, 6.45) is 2.55. The Labute approximate surface area is 77.3 Å². The predicted molar refractivity (Wildman–Crippen MR) is 50.7 cm³/mol. The van der Waals surface area contributed by atoms with Crippen LogP contribution in [-0.4, -0.2) is 30.2 Å². The van der Waals surface area contributed by atoms with Gasteiger partial charge in [0.15, 0.2) is 0 Å². The molecule has 0 aliphatic heterocycles. The van der Waals surface area contributed by atoms with Gasteiger partial charge in [0, 0.05) is 18.8 Å².